The maximum absolute atomic E-state index is 10.1. The molecule has 0 saturated carbocycles. The molecular formula is C32H62O. The first-order valence-corrected chi connectivity index (χ1v) is 15.6. The Hall–Kier alpha value is -0.550. The normalized spacial score (nSPS) is 11.1. The van der Waals surface area contributed by atoms with E-state index in [2.05, 4.69) is 6.92 Å². The fraction of sp³-hybridized carbons (Fsp3) is 0.938. The quantitative estimate of drug-likeness (QED) is 0.0797. The van der Waals surface area contributed by atoms with E-state index in [4.69, 9.17) is 0 Å². The van der Waals surface area contributed by atoms with Crippen molar-refractivity contribution in [1.29, 1.82) is 0 Å². The molecule has 0 fully saturated rings. The van der Waals surface area contributed by atoms with Gasteiger partial charge in [-0.25, -0.2) is 4.79 Å². The predicted octanol–water partition coefficient (Wildman–Crippen LogP) is 11.7. The number of hydrogen-bond donors (Lipinski definition) is 0. The van der Waals surface area contributed by atoms with Gasteiger partial charge in [-0.3, -0.25) is 0 Å². The molecule has 0 aliphatic carbocycles. The topological polar surface area (TPSA) is 17.1 Å². The molecule has 0 spiro atoms. The minimum absolute atomic E-state index is 0.920. The smallest absolute Gasteiger partial charge is 0.120 e. The average Bonchev–Trinajstić information content (AvgIpc) is 2.83. The lowest BCUT2D eigenvalue weighted by Crippen LogP contribution is -1.85. The van der Waals surface area contributed by atoms with E-state index in [1.54, 1.807) is 6.08 Å². The first kappa shape index (κ1) is 32.5. The number of carbonyl (C=O) groups excluding carboxylic acids is 1. The summed E-state index contributed by atoms with van der Waals surface area (Å²) < 4.78 is 0. The van der Waals surface area contributed by atoms with Gasteiger partial charge in [0.25, 0.3) is 0 Å². The summed E-state index contributed by atoms with van der Waals surface area (Å²) in [5.74, 6) is 1.86. The van der Waals surface area contributed by atoms with Crippen LogP contribution in [0.3, 0.4) is 0 Å². The van der Waals surface area contributed by atoms with E-state index in [-0.39, 0.29) is 0 Å². The first-order valence-electron chi connectivity index (χ1n) is 15.6. The van der Waals surface area contributed by atoms with Gasteiger partial charge in [-0.05, 0) is 18.9 Å². The van der Waals surface area contributed by atoms with Crippen LogP contribution in [-0.4, -0.2) is 5.94 Å². The van der Waals surface area contributed by atoms with Crippen LogP contribution in [0.2, 0.25) is 0 Å². The van der Waals surface area contributed by atoms with Crippen LogP contribution in [0.4, 0.5) is 0 Å². The SMILES string of the molecule is CCCCCCCCCCCCCCCCCCCCCCCCCCCCCCC=C=O. The van der Waals surface area contributed by atoms with Crippen molar-refractivity contribution in [2.45, 2.75) is 193 Å². The third-order valence-corrected chi connectivity index (χ3v) is 7.29. The second kappa shape index (κ2) is 31.5. The largest absolute Gasteiger partial charge is 0.234 e. The molecule has 0 aromatic carbocycles. The molecule has 196 valence electrons. The molecular weight excluding hydrogens is 400 g/mol. The maximum atomic E-state index is 10.1. The Balaban J connectivity index is 3.01. The van der Waals surface area contributed by atoms with Gasteiger partial charge in [0.2, 0.25) is 0 Å². The van der Waals surface area contributed by atoms with Crippen molar-refractivity contribution in [1.82, 2.24) is 0 Å². The molecule has 0 aromatic heterocycles. The highest BCUT2D eigenvalue weighted by molar-refractivity contribution is 5.44. The lowest BCUT2D eigenvalue weighted by atomic mass is 10.0. The molecule has 1 nitrogen and oxygen atoms in total. The summed E-state index contributed by atoms with van der Waals surface area (Å²) in [6, 6.07) is 0. The Labute approximate surface area is 210 Å². The molecule has 0 aliphatic heterocycles. The Morgan fingerprint density at radius 3 is 0.788 bits per heavy atom. The van der Waals surface area contributed by atoms with Crippen molar-refractivity contribution in [3.63, 3.8) is 0 Å². The highest BCUT2D eigenvalue weighted by Crippen LogP contribution is 2.16. The first-order chi connectivity index (χ1) is 16.4. The summed E-state index contributed by atoms with van der Waals surface area (Å²) in [6.45, 7) is 2.30. The van der Waals surface area contributed by atoms with Crippen LogP contribution < -0.4 is 0 Å². The van der Waals surface area contributed by atoms with Crippen LogP contribution in [0.25, 0.3) is 0 Å². The van der Waals surface area contributed by atoms with Gasteiger partial charge in [-0.15, -0.1) is 0 Å². The molecule has 0 heterocycles. The summed E-state index contributed by atoms with van der Waals surface area (Å²) in [6.07, 6.45) is 42.8. The van der Waals surface area contributed by atoms with Crippen molar-refractivity contribution in [3.8, 4) is 0 Å². The fourth-order valence-corrected chi connectivity index (χ4v) is 4.97. The predicted molar refractivity (Wildman–Crippen MR) is 150 cm³/mol. The number of rotatable bonds is 29. The van der Waals surface area contributed by atoms with Gasteiger partial charge in [-0.2, -0.15) is 0 Å². The van der Waals surface area contributed by atoms with E-state index >= 15 is 0 Å². The average molecular weight is 463 g/mol. The summed E-state index contributed by atoms with van der Waals surface area (Å²) in [5, 5.41) is 0. The lowest BCUT2D eigenvalue weighted by Gasteiger charge is -2.04. The summed E-state index contributed by atoms with van der Waals surface area (Å²) in [4.78, 5) is 10.1. The molecule has 0 atom stereocenters. The van der Waals surface area contributed by atoms with Crippen molar-refractivity contribution in [2.75, 3.05) is 0 Å². The van der Waals surface area contributed by atoms with Crippen molar-refractivity contribution < 1.29 is 4.79 Å². The Kier molecular flexibility index (Phi) is 30.9. The van der Waals surface area contributed by atoms with E-state index in [9.17, 15) is 4.79 Å². The maximum Gasteiger partial charge on any atom is 0.120 e. The molecule has 0 radical (unpaired) electrons. The second-order valence-corrected chi connectivity index (χ2v) is 10.7. The van der Waals surface area contributed by atoms with Crippen LogP contribution in [-0.2, 0) is 4.79 Å². The van der Waals surface area contributed by atoms with Crippen molar-refractivity contribution >= 4 is 5.94 Å². The lowest BCUT2D eigenvalue weighted by molar-refractivity contribution is 0.514. The van der Waals surface area contributed by atoms with E-state index in [0.29, 0.717) is 0 Å². The van der Waals surface area contributed by atoms with Gasteiger partial charge >= 0.3 is 0 Å². The van der Waals surface area contributed by atoms with Crippen LogP contribution >= 0.6 is 0 Å². The van der Waals surface area contributed by atoms with E-state index in [1.807, 2.05) is 5.94 Å². The van der Waals surface area contributed by atoms with Gasteiger partial charge in [0.1, 0.15) is 5.94 Å². The third kappa shape index (κ3) is 31.5. The third-order valence-electron chi connectivity index (χ3n) is 7.29. The standard InChI is InChI=1S/C32H62O/c1-2-3-4-5-6-7-8-9-10-11-12-13-14-15-16-17-18-19-20-21-22-23-24-25-26-27-28-29-30-31-32-33/h31H,2-30H2,1H3. The number of hydrogen-bond acceptors (Lipinski definition) is 1. The molecule has 0 N–H and O–H groups in total. The summed E-state index contributed by atoms with van der Waals surface area (Å²) in [7, 11) is 0. The molecule has 0 aliphatic rings. The van der Waals surface area contributed by atoms with Crippen LogP contribution in [0.1, 0.15) is 193 Å². The Morgan fingerprint density at radius 2 is 0.576 bits per heavy atom. The fourth-order valence-electron chi connectivity index (χ4n) is 4.97. The summed E-state index contributed by atoms with van der Waals surface area (Å²) in [5.41, 5.74) is 0. The minimum Gasteiger partial charge on any atom is -0.234 e. The highest BCUT2D eigenvalue weighted by Gasteiger charge is 1.96. The van der Waals surface area contributed by atoms with Gasteiger partial charge in [0.05, 0.1) is 0 Å². The highest BCUT2D eigenvalue weighted by atomic mass is 16.1. The zero-order valence-electron chi connectivity index (χ0n) is 23.0. The molecule has 0 rings (SSSR count). The van der Waals surface area contributed by atoms with Gasteiger partial charge in [0.15, 0.2) is 0 Å². The van der Waals surface area contributed by atoms with E-state index < -0.39 is 0 Å². The molecule has 0 bridgehead atoms. The molecule has 0 aromatic rings. The van der Waals surface area contributed by atoms with Gasteiger partial charge in [0, 0.05) is 0 Å². The van der Waals surface area contributed by atoms with Crippen molar-refractivity contribution in [2.24, 2.45) is 0 Å². The van der Waals surface area contributed by atoms with Crippen LogP contribution in [0, 0.1) is 0 Å². The molecule has 33 heavy (non-hydrogen) atoms. The van der Waals surface area contributed by atoms with Gasteiger partial charge in [-0.1, -0.05) is 180 Å². The van der Waals surface area contributed by atoms with Crippen LogP contribution in [0.15, 0.2) is 6.08 Å². The van der Waals surface area contributed by atoms with Crippen LogP contribution in [0.5, 0.6) is 0 Å². The zero-order chi connectivity index (χ0) is 23.9. The molecule has 1 heteroatoms. The second-order valence-electron chi connectivity index (χ2n) is 10.7. The number of allylic oxidation sites excluding steroid dienone is 1. The van der Waals surface area contributed by atoms with E-state index in [1.165, 1.54) is 173 Å². The van der Waals surface area contributed by atoms with Crippen molar-refractivity contribution in [3.05, 3.63) is 6.08 Å². The van der Waals surface area contributed by atoms with Gasteiger partial charge < -0.3 is 0 Å². The van der Waals surface area contributed by atoms with E-state index in [0.717, 1.165) is 12.8 Å². The Bertz CT molecular complexity index is 382. The molecule has 0 saturated heterocycles. The number of unbranched alkanes of at least 4 members (excludes halogenated alkanes) is 28. The minimum atomic E-state index is 0.920. The summed E-state index contributed by atoms with van der Waals surface area (Å²) >= 11 is 0. The molecule has 0 amide bonds. The Morgan fingerprint density at radius 1 is 0.364 bits per heavy atom. The molecule has 0 unspecified atom stereocenters. The zero-order valence-corrected chi connectivity index (χ0v) is 23.0. The monoisotopic (exact) mass is 462 g/mol.